The largest absolute Gasteiger partial charge is 1.00 e. The topological polar surface area (TPSA) is 242 Å². The molecule has 12 nitrogen and oxygen atoms in total. The maximum atomic E-state index is 10.2. The molecule has 0 heterocycles. The van der Waals surface area contributed by atoms with Crippen LogP contribution in [0.4, 0.5) is 0 Å². The van der Waals surface area contributed by atoms with Crippen LogP contribution in [-0.4, -0.2) is 86.2 Å². The molecular weight excluding hydrogens is 994 g/mol. The average Bonchev–Trinajstić information content (AvgIpc) is 3.32. The number of hydrogen-bond acceptors (Lipinski definition) is 12. The van der Waals surface area contributed by atoms with Gasteiger partial charge in [-0.3, -0.25) is 0 Å². The second-order valence-electron chi connectivity index (χ2n) is 18.7. The third-order valence-corrected chi connectivity index (χ3v) is 11.6. The van der Waals surface area contributed by atoms with Gasteiger partial charge in [0.15, 0.2) is 0 Å². The van der Waals surface area contributed by atoms with E-state index in [2.05, 4.69) is 57.2 Å². The molecule has 72 heavy (non-hydrogen) atoms. The van der Waals surface area contributed by atoms with E-state index in [1.807, 2.05) is 0 Å². The molecule has 0 spiro atoms. The number of allylic oxidation sites excluding steroid dienone is 3. The average molecular weight is 1100 g/mol. The van der Waals surface area contributed by atoms with Crippen molar-refractivity contribution in [1.82, 2.24) is 0 Å². The van der Waals surface area contributed by atoms with Crippen LogP contribution in [0.2, 0.25) is 0 Å². The molecule has 0 radical (unpaired) electrons. The molecule has 0 fully saturated rings. The van der Waals surface area contributed by atoms with Crippen molar-refractivity contribution < 1.29 is 214 Å². The van der Waals surface area contributed by atoms with E-state index in [1.54, 1.807) is 0 Å². The number of carboxylic acids is 3. The molecule has 3 atom stereocenters. The molecule has 0 saturated heterocycles. The zero-order valence-electron chi connectivity index (χ0n) is 47.4. The fourth-order valence-corrected chi connectivity index (χ4v) is 7.13. The molecule has 410 valence electrons. The summed E-state index contributed by atoms with van der Waals surface area (Å²) in [5, 5.41) is 84.0. The van der Waals surface area contributed by atoms with Gasteiger partial charge in [-0.25, -0.2) is 0 Å². The summed E-state index contributed by atoms with van der Waals surface area (Å²) in [6.45, 7) is 5.86. The molecule has 3 unspecified atom stereocenters. The van der Waals surface area contributed by atoms with Crippen LogP contribution < -0.4 is 169 Å². The zero-order chi connectivity index (χ0) is 52.3. The van der Waals surface area contributed by atoms with Crippen molar-refractivity contribution in [3.05, 3.63) is 36.5 Å². The molecule has 6 N–H and O–H groups in total. The van der Waals surface area contributed by atoms with Crippen molar-refractivity contribution in [3.63, 3.8) is 0 Å². The Labute approximate surface area is 569 Å². The van der Waals surface area contributed by atoms with E-state index < -0.39 is 24.0 Å². The van der Waals surface area contributed by atoms with E-state index in [1.165, 1.54) is 57.8 Å². The van der Waals surface area contributed by atoms with Crippen molar-refractivity contribution in [3.8, 4) is 0 Å². The number of rotatable bonds is 47. The molecule has 0 aromatic carbocycles. The fourth-order valence-electron chi connectivity index (χ4n) is 7.13. The standard InChI is InChI=1S/3C18H34O3.C3H8O3.3K/c3*1-2-3-4-11-14-17(19)15-12-9-7-5-6-8-10-13-16-18(20)21;4-1-3(6)2-5;;;/h3*9,12,17,19H,2-8,10-11,13-16H2,1H3,(H,20,21);3-6H,1-2H2;;;/q;;;;3*+1/p-3/b3*12-9-;;;;. The second kappa shape index (κ2) is 77.5. The van der Waals surface area contributed by atoms with E-state index in [-0.39, 0.29) is 205 Å². The molecule has 0 aromatic rings. The summed E-state index contributed by atoms with van der Waals surface area (Å²) in [4.78, 5) is 30.7. The van der Waals surface area contributed by atoms with Gasteiger partial charge in [-0.1, -0.05) is 192 Å². The summed E-state index contributed by atoms with van der Waals surface area (Å²) >= 11 is 0. The minimum Gasteiger partial charge on any atom is -0.550 e. The molecule has 0 aliphatic rings. The summed E-state index contributed by atoms with van der Waals surface area (Å²) in [6.07, 6.45) is 50.1. The van der Waals surface area contributed by atoms with Crippen molar-refractivity contribution in [1.29, 1.82) is 0 Å². The Morgan fingerprint density at radius 3 is 0.764 bits per heavy atom. The molecule has 0 aromatic heterocycles. The predicted octanol–water partition coefficient (Wildman–Crippen LogP) is 0.578. The molecule has 15 heteroatoms. The first-order chi connectivity index (χ1) is 33.3. The third kappa shape index (κ3) is 91.7. The van der Waals surface area contributed by atoms with E-state index in [0.29, 0.717) is 0 Å². The summed E-state index contributed by atoms with van der Waals surface area (Å²) in [6, 6.07) is 0. The van der Waals surface area contributed by atoms with Crippen molar-refractivity contribution in [2.24, 2.45) is 0 Å². The van der Waals surface area contributed by atoms with Gasteiger partial charge in [-0.2, -0.15) is 0 Å². The number of carbonyl (C=O) groups excluding carboxylic acids is 3. The van der Waals surface area contributed by atoms with Gasteiger partial charge in [-0.05, 0) is 116 Å². The Morgan fingerprint density at radius 1 is 0.333 bits per heavy atom. The smallest absolute Gasteiger partial charge is 0.550 e. The van der Waals surface area contributed by atoms with Crippen LogP contribution in [0, 0.1) is 0 Å². The predicted molar refractivity (Wildman–Crippen MR) is 278 cm³/mol. The Morgan fingerprint density at radius 2 is 0.556 bits per heavy atom. The Bertz CT molecular complexity index is 1010. The maximum Gasteiger partial charge on any atom is 1.00 e. The number of aliphatic hydroxyl groups is 6. The van der Waals surface area contributed by atoms with Crippen LogP contribution in [0.15, 0.2) is 36.5 Å². The van der Waals surface area contributed by atoms with E-state index >= 15 is 0 Å². The van der Waals surface area contributed by atoms with Gasteiger partial charge in [0.05, 0.1) is 31.5 Å². The minimum atomic E-state index is -0.954. The number of carboxylic acid groups (broad SMARTS) is 3. The van der Waals surface area contributed by atoms with Crippen molar-refractivity contribution >= 4 is 17.9 Å². The molecular formula is C57H107K3O12. The van der Waals surface area contributed by atoms with E-state index in [9.17, 15) is 45.0 Å². The van der Waals surface area contributed by atoms with Crippen LogP contribution >= 0.6 is 0 Å². The zero-order valence-corrected chi connectivity index (χ0v) is 56.8. The first-order valence-electron chi connectivity index (χ1n) is 27.8. The van der Waals surface area contributed by atoms with Gasteiger partial charge in [0, 0.05) is 17.9 Å². The molecule has 0 rings (SSSR count). The van der Waals surface area contributed by atoms with Gasteiger partial charge in [0.2, 0.25) is 0 Å². The molecule has 0 aliphatic carbocycles. The number of unbranched alkanes of at least 4 members (excludes halogenated alkanes) is 24. The van der Waals surface area contributed by atoms with E-state index in [4.69, 9.17) is 15.3 Å². The molecule has 0 bridgehead atoms. The first kappa shape index (κ1) is 88.1. The summed E-state index contributed by atoms with van der Waals surface area (Å²) in [7, 11) is 0. The summed E-state index contributed by atoms with van der Waals surface area (Å²) < 4.78 is 0. The SMILES string of the molecule is CCCCCCC(O)C/C=C\CCCCCCCC(=O)[O-].CCCCCCC(O)C/C=C\CCCCCCCC(=O)[O-].CCCCCCC(O)C/C=C\CCCCCCCC(=O)[O-].OCC(O)CO.[K+].[K+].[K+]. The van der Waals surface area contributed by atoms with Gasteiger partial charge in [0.1, 0.15) is 6.10 Å². The van der Waals surface area contributed by atoms with Crippen LogP contribution in [0.3, 0.4) is 0 Å². The fraction of sp³-hybridized carbons (Fsp3) is 0.842. The van der Waals surface area contributed by atoms with Gasteiger partial charge in [-0.15, -0.1) is 0 Å². The Hall–Kier alpha value is 2.30. The van der Waals surface area contributed by atoms with Gasteiger partial charge in [0.25, 0.3) is 0 Å². The van der Waals surface area contributed by atoms with Crippen LogP contribution in [0.1, 0.15) is 271 Å². The third-order valence-electron chi connectivity index (χ3n) is 11.6. The minimum absolute atomic E-state index is 0. The Balaban J connectivity index is -0.000000163. The summed E-state index contributed by atoms with van der Waals surface area (Å²) in [5.74, 6) is -2.82. The van der Waals surface area contributed by atoms with Gasteiger partial charge >= 0.3 is 154 Å². The summed E-state index contributed by atoms with van der Waals surface area (Å²) in [5.41, 5.74) is 0. The number of aliphatic hydroxyl groups excluding tert-OH is 6. The maximum absolute atomic E-state index is 10.2. The number of aliphatic carboxylic acids is 3. The monoisotopic (exact) mass is 1100 g/mol. The van der Waals surface area contributed by atoms with Crippen molar-refractivity contribution in [2.75, 3.05) is 13.2 Å². The van der Waals surface area contributed by atoms with Crippen LogP contribution in [-0.2, 0) is 14.4 Å². The normalized spacial score (nSPS) is 12.1. The van der Waals surface area contributed by atoms with Crippen molar-refractivity contribution in [2.45, 2.75) is 296 Å². The van der Waals surface area contributed by atoms with Crippen LogP contribution in [0.5, 0.6) is 0 Å². The molecule has 0 amide bonds. The molecule has 0 saturated carbocycles. The number of hydrogen-bond donors (Lipinski definition) is 6. The first-order valence-corrected chi connectivity index (χ1v) is 27.8. The van der Waals surface area contributed by atoms with E-state index in [0.717, 1.165) is 173 Å². The quantitative estimate of drug-likeness (QED) is 0.0279. The second-order valence-corrected chi connectivity index (χ2v) is 18.7. The van der Waals surface area contributed by atoms with Gasteiger partial charge < -0.3 is 60.3 Å². The Kier molecular flexibility index (Phi) is 94.9. The van der Waals surface area contributed by atoms with Crippen LogP contribution in [0.25, 0.3) is 0 Å². The number of carbonyl (C=O) groups is 3. The molecule has 0 aliphatic heterocycles.